The van der Waals surface area contributed by atoms with Crippen molar-refractivity contribution in [3.8, 4) is 5.75 Å². The number of anilines is 1. The number of nitro groups is 1. The number of hydrogen-bond donors (Lipinski definition) is 1. The Morgan fingerprint density at radius 1 is 1.29 bits per heavy atom. The number of carbonyl (C=O) groups excluding carboxylic acids is 1. The molecule has 0 aliphatic carbocycles. The van der Waals surface area contributed by atoms with Crippen LogP contribution in [-0.2, 0) is 11.0 Å². The molecule has 0 bridgehead atoms. The molecule has 1 N–H and O–H groups in total. The molecule has 3 rings (SSSR count). The number of carbonyl (C=O) groups is 1. The van der Waals surface area contributed by atoms with Crippen molar-refractivity contribution in [2.45, 2.75) is 31.5 Å². The molecular formula is C21H22F3N3O4. The number of nitrogens with zero attached hydrogens (tertiary/aromatic N) is 2. The molecular weight excluding hydrogens is 415 g/mol. The largest absolute Gasteiger partial charge is 0.497 e. The molecule has 166 valence electrons. The molecule has 10 heteroatoms. The highest BCUT2D eigenvalue weighted by Gasteiger charge is 2.33. The van der Waals surface area contributed by atoms with Crippen molar-refractivity contribution >= 4 is 17.3 Å². The minimum absolute atomic E-state index is 0.0542. The van der Waals surface area contributed by atoms with Gasteiger partial charge in [-0.3, -0.25) is 14.9 Å². The molecule has 1 heterocycles. The molecule has 1 fully saturated rings. The topological polar surface area (TPSA) is 84.7 Å². The van der Waals surface area contributed by atoms with Crippen LogP contribution >= 0.6 is 0 Å². The molecule has 1 saturated heterocycles. The van der Waals surface area contributed by atoms with Crippen molar-refractivity contribution in [2.24, 2.45) is 0 Å². The SMILES string of the molecule is COc1cccc(C2CCCN2C(=O)CCNc2ccc(C(F)(F)F)cc2[N+](=O)[O-])c1. The van der Waals surface area contributed by atoms with Crippen molar-refractivity contribution in [2.75, 3.05) is 25.5 Å². The number of halogens is 3. The number of hydrogen-bond acceptors (Lipinski definition) is 5. The maximum Gasteiger partial charge on any atom is 0.416 e. The van der Waals surface area contributed by atoms with Crippen LogP contribution in [0.5, 0.6) is 5.75 Å². The van der Waals surface area contributed by atoms with Crippen LogP contribution in [-0.4, -0.2) is 35.9 Å². The number of rotatable bonds is 7. The maximum absolute atomic E-state index is 12.8. The van der Waals surface area contributed by atoms with Gasteiger partial charge in [0.25, 0.3) is 5.69 Å². The summed E-state index contributed by atoms with van der Waals surface area (Å²) < 4.78 is 43.7. The number of ether oxygens (including phenoxy) is 1. The normalized spacial score (nSPS) is 16.3. The lowest BCUT2D eigenvalue weighted by molar-refractivity contribution is -0.384. The van der Waals surface area contributed by atoms with Crippen molar-refractivity contribution < 1.29 is 27.6 Å². The van der Waals surface area contributed by atoms with Crippen molar-refractivity contribution in [1.82, 2.24) is 4.90 Å². The summed E-state index contributed by atoms with van der Waals surface area (Å²) in [4.78, 5) is 24.8. The number of likely N-dealkylation sites (tertiary alicyclic amines) is 1. The van der Waals surface area contributed by atoms with Gasteiger partial charge in [0.2, 0.25) is 5.91 Å². The van der Waals surface area contributed by atoms with E-state index in [0.29, 0.717) is 18.4 Å². The molecule has 1 aliphatic rings. The second-order valence-electron chi connectivity index (χ2n) is 7.19. The fraction of sp³-hybridized carbons (Fsp3) is 0.381. The monoisotopic (exact) mass is 437 g/mol. The van der Waals surface area contributed by atoms with Crippen molar-refractivity contribution in [3.63, 3.8) is 0 Å². The van der Waals surface area contributed by atoms with E-state index < -0.39 is 22.4 Å². The summed E-state index contributed by atoms with van der Waals surface area (Å²) in [6.45, 7) is 0.660. The average molecular weight is 437 g/mol. The van der Waals surface area contributed by atoms with Crippen molar-refractivity contribution in [3.05, 3.63) is 63.7 Å². The summed E-state index contributed by atoms with van der Waals surface area (Å²) in [5.41, 5.74) is -0.871. The van der Waals surface area contributed by atoms with Gasteiger partial charge in [-0.25, -0.2) is 0 Å². The van der Waals surface area contributed by atoms with Gasteiger partial charge < -0.3 is 15.0 Å². The van der Waals surface area contributed by atoms with E-state index in [1.54, 1.807) is 12.0 Å². The Hall–Kier alpha value is -3.30. The molecule has 1 amide bonds. The Labute approximate surface area is 177 Å². The molecule has 0 aromatic heterocycles. The summed E-state index contributed by atoms with van der Waals surface area (Å²) in [5.74, 6) is 0.570. The standard InChI is InChI=1S/C21H22F3N3O4/c1-31-16-5-2-4-14(12-16)18-6-3-11-26(18)20(28)9-10-25-17-8-7-15(21(22,23)24)13-19(17)27(29)30/h2,4-5,7-8,12-13,18,25H,3,6,9-11H2,1H3. The fourth-order valence-corrected chi connectivity index (χ4v) is 3.72. The average Bonchev–Trinajstić information content (AvgIpc) is 3.23. The number of methoxy groups -OCH3 is 1. The third-order valence-electron chi connectivity index (χ3n) is 5.23. The van der Waals surface area contributed by atoms with E-state index in [0.717, 1.165) is 30.5 Å². The molecule has 0 saturated carbocycles. The lowest BCUT2D eigenvalue weighted by Crippen LogP contribution is -2.31. The fourth-order valence-electron chi connectivity index (χ4n) is 3.72. The molecule has 2 aromatic rings. The van der Waals surface area contributed by atoms with E-state index in [-0.39, 0.29) is 30.6 Å². The highest BCUT2D eigenvalue weighted by atomic mass is 19.4. The van der Waals surface area contributed by atoms with E-state index >= 15 is 0 Å². The first-order chi connectivity index (χ1) is 14.7. The number of nitrogens with one attached hydrogen (secondary N) is 1. The zero-order chi connectivity index (χ0) is 22.6. The van der Waals surface area contributed by atoms with E-state index in [9.17, 15) is 28.1 Å². The van der Waals surface area contributed by atoms with Crippen LogP contribution in [0.4, 0.5) is 24.5 Å². The first kappa shape index (κ1) is 22.4. The lowest BCUT2D eigenvalue weighted by Gasteiger charge is -2.25. The van der Waals surface area contributed by atoms with Gasteiger partial charge in [0.05, 0.1) is 23.6 Å². The highest BCUT2D eigenvalue weighted by molar-refractivity contribution is 5.78. The Balaban J connectivity index is 1.65. The van der Waals surface area contributed by atoms with E-state index in [2.05, 4.69) is 5.32 Å². The predicted molar refractivity (Wildman–Crippen MR) is 108 cm³/mol. The van der Waals surface area contributed by atoms with Crippen LogP contribution in [0.15, 0.2) is 42.5 Å². The Morgan fingerprint density at radius 2 is 2.06 bits per heavy atom. The van der Waals surface area contributed by atoms with Gasteiger partial charge in [-0.1, -0.05) is 12.1 Å². The molecule has 0 spiro atoms. The summed E-state index contributed by atoms with van der Waals surface area (Å²) in [6, 6.07) is 9.71. The van der Waals surface area contributed by atoms with E-state index in [1.165, 1.54) is 0 Å². The van der Waals surface area contributed by atoms with Crippen LogP contribution < -0.4 is 10.1 Å². The predicted octanol–water partition coefficient (Wildman–Crippen LogP) is 4.79. The number of alkyl halides is 3. The number of nitro benzene ring substituents is 1. The first-order valence-corrected chi connectivity index (χ1v) is 9.73. The van der Waals surface area contributed by atoms with E-state index in [1.807, 2.05) is 24.3 Å². The molecule has 0 radical (unpaired) electrons. The minimum Gasteiger partial charge on any atom is -0.497 e. The lowest BCUT2D eigenvalue weighted by atomic mass is 10.0. The third-order valence-corrected chi connectivity index (χ3v) is 5.23. The van der Waals surface area contributed by atoms with Gasteiger partial charge in [0, 0.05) is 25.6 Å². The van der Waals surface area contributed by atoms with Gasteiger partial charge in [-0.15, -0.1) is 0 Å². The summed E-state index contributed by atoms with van der Waals surface area (Å²) >= 11 is 0. The van der Waals surface area contributed by atoms with Crippen LogP contribution in [0, 0.1) is 10.1 Å². The maximum atomic E-state index is 12.8. The molecule has 1 aliphatic heterocycles. The summed E-state index contributed by atoms with van der Waals surface area (Å²) in [6.07, 6.45) is -2.95. The number of amides is 1. The Bertz CT molecular complexity index is 965. The van der Waals surface area contributed by atoms with Gasteiger partial charge in [-0.05, 0) is 42.7 Å². The Morgan fingerprint density at radius 3 is 2.74 bits per heavy atom. The molecule has 31 heavy (non-hydrogen) atoms. The molecule has 1 unspecified atom stereocenters. The minimum atomic E-state index is -4.68. The van der Waals surface area contributed by atoms with Gasteiger partial charge in [0.15, 0.2) is 0 Å². The van der Waals surface area contributed by atoms with Crippen LogP contribution in [0.1, 0.15) is 36.4 Å². The summed E-state index contributed by atoms with van der Waals surface area (Å²) in [5, 5.41) is 13.9. The second kappa shape index (κ2) is 9.23. The zero-order valence-corrected chi connectivity index (χ0v) is 16.8. The molecule has 1 atom stereocenters. The van der Waals surface area contributed by atoms with Gasteiger partial charge >= 0.3 is 6.18 Å². The highest BCUT2D eigenvalue weighted by Crippen LogP contribution is 2.36. The molecule has 7 nitrogen and oxygen atoms in total. The van der Waals surface area contributed by atoms with E-state index in [4.69, 9.17) is 4.74 Å². The third kappa shape index (κ3) is 5.25. The van der Waals surface area contributed by atoms with Crippen LogP contribution in [0.3, 0.4) is 0 Å². The number of benzene rings is 2. The van der Waals surface area contributed by atoms with Crippen LogP contribution in [0.25, 0.3) is 0 Å². The first-order valence-electron chi connectivity index (χ1n) is 9.73. The zero-order valence-electron chi connectivity index (χ0n) is 16.8. The van der Waals surface area contributed by atoms with Crippen molar-refractivity contribution in [1.29, 1.82) is 0 Å². The van der Waals surface area contributed by atoms with Gasteiger partial charge in [-0.2, -0.15) is 13.2 Å². The smallest absolute Gasteiger partial charge is 0.416 e. The van der Waals surface area contributed by atoms with Gasteiger partial charge in [0.1, 0.15) is 11.4 Å². The molecule has 2 aromatic carbocycles. The Kier molecular flexibility index (Phi) is 6.67. The van der Waals surface area contributed by atoms with Crippen LogP contribution in [0.2, 0.25) is 0 Å². The quantitative estimate of drug-likeness (QED) is 0.497. The second-order valence-corrected chi connectivity index (χ2v) is 7.19. The summed E-state index contributed by atoms with van der Waals surface area (Å²) in [7, 11) is 1.57.